The Morgan fingerprint density at radius 3 is 1.40 bits per heavy atom. The molecule has 8 nitrogen and oxygen atoms in total. The molecule has 0 fully saturated rings. The summed E-state index contributed by atoms with van der Waals surface area (Å²) in [5.41, 5.74) is 8.63. The first kappa shape index (κ1) is 46.8. The van der Waals surface area contributed by atoms with Crippen LogP contribution in [-0.2, 0) is 36.3 Å². The highest BCUT2D eigenvalue weighted by Crippen LogP contribution is 2.30. The normalized spacial score (nSPS) is 11.2. The lowest BCUT2D eigenvalue weighted by molar-refractivity contribution is 0.577. The second kappa shape index (κ2) is 19.6. The van der Waals surface area contributed by atoms with Crippen molar-refractivity contribution in [3.05, 3.63) is 183 Å². The SMILES string of the molecule is Cc1n[nH]c(C)c1Cc1c(F)cccc1Cl.Cc1nn(C)c(C)c1Cc1c(F)cccc1Cl.Cc1nn(S(=O)(=O)c2ccc(Cl)c(Cl)c2)c(C)c1Cc1c(F)cccc1Cl. The molecule has 0 saturated heterocycles. The summed E-state index contributed by atoms with van der Waals surface area (Å²) in [5, 5.41) is 17.0. The maximum absolute atomic E-state index is 14.1. The zero-order chi connectivity index (χ0) is 44.2. The van der Waals surface area contributed by atoms with Crippen LogP contribution in [0.15, 0.2) is 77.7 Å². The van der Waals surface area contributed by atoms with Gasteiger partial charge >= 0.3 is 0 Å². The predicted octanol–water partition coefficient (Wildman–Crippen LogP) is 12.3. The molecule has 3 heterocycles. The summed E-state index contributed by atoms with van der Waals surface area (Å²) in [6, 6.07) is 17.9. The molecule has 0 bridgehead atoms. The van der Waals surface area contributed by atoms with Crippen molar-refractivity contribution in [3.63, 3.8) is 0 Å². The Kier molecular flexibility index (Phi) is 15.3. The maximum Gasteiger partial charge on any atom is 0.283 e. The third kappa shape index (κ3) is 10.4. The quantitative estimate of drug-likeness (QED) is 0.164. The van der Waals surface area contributed by atoms with E-state index in [0.717, 1.165) is 38.0 Å². The highest BCUT2D eigenvalue weighted by atomic mass is 35.5. The van der Waals surface area contributed by atoms with E-state index in [1.165, 1.54) is 42.5 Å². The molecular formula is C43H40Cl5F3N6O2S. The second-order valence-corrected chi connectivity index (χ2v) is 17.7. The summed E-state index contributed by atoms with van der Waals surface area (Å²) in [7, 11) is -2.10. The first-order valence-electron chi connectivity index (χ1n) is 18.3. The molecule has 7 aromatic rings. The average molecular weight is 939 g/mol. The first-order chi connectivity index (χ1) is 28.2. The van der Waals surface area contributed by atoms with E-state index in [9.17, 15) is 21.6 Å². The Labute approximate surface area is 372 Å². The van der Waals surface area contributed by atoms with Gasteiger partial charge < -0.3 is 0 Å². The molecule has 316 valence electrons. The van der Waals surface area contributed by atoms with Crippen LogP contribution < -0.4 is 0 Å². The van der Waals surface area contributed by atoms with Gasteiger partial charge in [0.15, 0.2) is 0 Å². The fourth-order valence-electron chi connectivity index (χ4n) is 6.42. The molecule has 0 aliphatic rings. The molecule has 0 amide bonds. The van der Waals surface area contributed by atoms with E-state index in [0.29, 0.717) is 51.0 Å². The van der Waals surface area contributed by atoms with Gasteiger partial charge in [0.25, 0.3) is 10.0 Å². The van der Waals surface area contributed by atoms with Crippen LogP contribution in [0.25, 0.3) is 0 Å². The smallest absolute Gasteiger partial charge is 0.282 e. The number of hydrogen-bond acceptors (Lipinski definition) is 5. The standard InChI is InChI=1S/C18H14Cl3FN2O2S.C13H14ClFN2.C12H12ClFN2/c1-10-13(9-14-15(19)4-3-5-18(14)22)11(2)24(23-10)27(25,26)12-6-7-16(20)17(21)8-12;1-8-10(9(2)17(3)16-8)7-11-12(14)5-4-6-13(11)15;1-7-9(8(2)16-15-7)6-10-11(13)4-3-5-12(10)14/h3-8H,9H2,1-2H3;4-6H,7H2,1-3H3;3-5H,6H2,1-2H3,(H,15,16). The molecule has 0 saturated carbocycles. The van der Waals surface area contributed by atoms with Crippen LogP contribution in [0, 0.1) is 59.0 Å². The summed E-state index contributed by atoms with van der Waals surface area (Å²) in [6.07, 6.45) is 1.08. The number of rotatable bonds is 8. The number of H-pyrrole nitrogens is 1. The molecule has 0 atom stereocenters. The number of nitrogens with zero attached hydrogens (tertiary/aromatic N) is 5. The van der Waals surface area contributed by atoms with Crippen molar-refractivity contribution in [2.75, 3.05) is 0 Å². The van der Waals surface area contributed by atoms with E-state index in [1.807, 2.05) is 34.7 Å². The van der Waals surface area contributed by atoms with Crippen LogP contribution in [0.3, 0.4) is 0 Å². The highest BCUT2D eigenvalue weighted by molar-refractivity contribution is 7.89. The van der Waals surface area contributed by atoms with Gasteiger partial charge in [-0.05, 0) is 96.1 Å². The fraction of sp³-hybridized carbons (Fsp3) is 0.233. The molecule has 7 rings (SSSR count). The molecule has 4 aromatic carbocycles. The fourth-order valence-corrected chi connectivity index (χ4v) is 8.88. The maximum atomic E-state index is 14.1. The van der Waals surface area contributed by atoms with Crippen LogP contribution in [0.4, 0.5) is 13.2 Å². The van der Waals surface area contributed by atoms with Gasteiger partial charge in [-0.1, -0.05) is 76.2 Å². The zero-order valence-electron chi connectivity index (χ0n) is 33.5. The Morgan fingerprint density at radius 2 is 1.00 bits per heavy atom. The van der Waals surface area contributed by atoms with Crippen molar-refractivity contribution in [2.24, 2.45) is 7.05 Å². The van der Waals surface area contributed by atoms with Gasteiger partial charge in [-0.15, -0.1) is 0 Å². The first-order valence-corrected chi connectivity index (χ1v) is 21.6. The molecule has 1 N–H and O–H groups in total. The van der Waals surface area contributed by atoms with Crippen LogP contribution in [0.2, 0.25) is 25.1 Å². The minimum Gasteiger partial charge on any atom is -0.282 e. The van der Waals surface area contributed by atoms with Crippen molar-refractivity contribution in [3.8, 4) is 0 Å². The van der Waals surface area contributed by atoms with Crippen LogP contribution in [0.1, 0.15) is 67.5 Å². The molecule has 0 aliphatic carbocycles. The van der Waals surface area contributed by atoms with Gasteiger partial charge in [0.2, 0.25) is 0 Å². The van der Waals surface area contributed by atoms with Gasteiger partial charge in [-0.2, -0.15) is 27.8 Å². The number of halogens is 8. The summed E-state index contributed by atoms with van der Waals surface area (Å²) in [4.78, 5) is -0.0435. The van der Waals surface area contributed by atoms with E-state index >= 15 is 0 Å². The summed E-state index contributed by atoms with van der Waals surface area (Å²) < 4.78 is 70.1. The van der Waals surface area contributed by atoms with Crippen molar-refractivity contribution in [1.82, 2.24) is 29.2 Å². The van der Waals surface area contributed by atoms with Crippen LogP contribution in [0.5, 0.6) is 0 Å². The minimum atomic E-state index is -3.99. The Bertz CT molecular complexity index is 2720. The lowest BCUT2D eigenvalue weighted by atomic mass is 10.0. The molecule has 60 heavy (non-hydrogen) atoms. The van der Waals surface area contributed by atoms with Crippen LogP contribution in [-0.4, -0.2) is 37.6 Å². The lowest BCUT2D eigenvalue weighted by Gasteiger charge is -2.09. The number of aryl methyl sites for hydroxylation is 5. The van der Waals surface area contributed by atoms with Gasteiger partial charge in [-0.25, -0.2) is 13.2 Å². The molecule has 17 heteroatoms. The second-order valence-electron chi connectivity index (χ2n) is 13.9. The molecular weight excluding hydrogens is 899 g/mol. The molecule has 0 unspecified atom stereocenters. The number of aromatic amines is 1. The van der Waals surface area contributed by atoms with Crippen molar-refractivity contribution in [2.45, 2.75) is 65.7 Å². The van der Waals surface area contributed by atoms with Crippen molar-refractivity contribution >= 4 is 68.0 Å². The molecule has 0 aliphatic heterocycles. The Morgan fingerprint density at radius 1 is 0.550 bits per heavy atom. The van der Waals surface area contributed by atoms with E-state index in [-0.39, 0.29) is 43.6 Å². The Hall–Kier alpha value is -4.30. The molecule has 3 aromatic heterocycles. The van der Waals surface area contributed by atoms with Gasteiger partial charge in [0.05, 0.1) is 37.7 Å². The van der Waals surface area contributed by atoms with Crippen molar-refractivity contribution in [1.29, 1.82) is 0 Å². The minimum absolute atomic E-state index is 0.0435. The van der Waals surface area contributed by atoms with E-state index in [1.54, 1.807) is 48.9 Å². The topological polar surface area (TPSA) is 98.5 Å². The number of nitrogens with one attached hydrogen (secondary N) is 1. The lowest BCUT2D eigenvalue weighted by Crippen LogP contribution is -2.16. The third-order valence-corrected chi connectivity index (χ3v) is 13.5. The highest BCUT2D eigenvalue weighted by Gasteiger charge is 2.25. The predicted molar refractivity (Wildman–Crippen MR) is 234 cm³/mol. The van der Waals surface area contributed by atoms with Gasteiger partial charge in [0, 0.05) is 86.1 Å². The zero-order valence-corrected chi connectivity index (χ0v) is 38.1. The summed E-state index contributed by atoms with van der Waals surface area (Å²) >= 11 is 29.9. The van der Waals surface area contributed by atoms with Crippen LogP contribution >= 0.6 is 58.0 Å². The van der Waals surface area contributed by atoms with E-state index < -0.39 is 15.8 Å². The van der Waals surface area contributed by atoms with Gasteiger partial charge in [0.1, 0.15) is 17.5 Å². The Balaban J connectivity index is 0.000000180. The van der Waals surface area contributed by atoms with Crippen molar-refractivity contribution < 1.29 is 21.6 Å². The number of aromatic nitrogens is 6. The van der Waals surface area contributed by atoms with Gasteiger partial charge in [-0.3, -0.25) is 9.78 Å². The summed E-state index contributed by atoms with van der Waals surface area (Å²) in [5.74, 6) is -0.992. The van der Waals surface area contributed by atoms with E-state index in [2.05, 4.69) is 20.4 Å². The molecule has 0 spiro atoms. The number of benzene rings is 4. The largest absolute Gasteiger partial charge is 0.283 e. The summed E-state index contributed by atoms with van der Waals surface area (Å²) in [6.45, 7) is 11.0. The third-order valence-electron chi connectivity index (χ3n) is 10.0. The average Bonchev–Trinajstić information content (AvgIpc) is 3.76. The number of hydrogen-bond donors (Lipinski definition) is 1. The monoisotopic (exact) mass is 936 g/mol. The molecule has 0 radical (unpaired) electrons. The van der Waals surface area contributed by atoms with E-state index in [4.69, 9.17) is 58.0 Å².